The predicted molar refractivity (Wildman–Crippen MR) is 69.1 cm³/mol. The molecule has 17 heavy (non-hydrogen) atoms. The number of hydrogen-bond acceptors (Lipinski definition) is 4. The van der Waals surface area contributed by atoms with Gasteiger partial charge in [0, 0.05) is 30.1 Å². The normalized spacial score (nSPS) is 25.8. The minimum absolute atomic E-state index is 0.124. The van der Waals surface area contributed by atoms with Gasteiger partial charge in [-0.25, -0.2) is 4.98 Å². The van der Waals surface area contributed by atoms with Gasteiger partial charge in [-0.15, -0.1) is 11.3 Å². The van der Waals surface area contributed by atoms with E-state index in [-0.39, 0.29) is 11.8 Å². The molecule has 0 bridgehead atoms. The molecule has 1 aliphatic rings. The van der Waals surface area contributed by atoms with E-state index in [1.807, 2.05) is 5.38 Å². The lowest BCUT2D eigenvalue weighted by Crippen LogP contribution is -2.38. The summed E-state index contributed by atoms with van der Waals surface area (Å²) in [6.45, 7) is 5.79. The lowest BCUT2D eigenvalue weighted by Gasteiger charge is -2.16. The Morgan fingerprint density at radius 2 is 2.59 bits per heavy atom. The van der Waals surface area contributed by atoms with Crippen LogP contribution in [0.5, 0.6) is 0 Å². The summed E-state index contributed by atoms with van der Waals surface area (Å²) in [6, 6.07) is 0.296. The summed E-state index contributed by atoms with van der Waals surface area (Å²) in [4.78, 5) is 16.2. The highest BCUT2D eigenvalue weighted by atomic mass is 32.1. The van der Waals surface area contributed by atoms with Crippen LogP contribution in [0.2, 0.25) is 0 Å². The van der Waals surface area contributed by atoms with E-state index in [2.05, 4.69) is 29.5 Å². The number of nitrogens with zero attached hydrogens (tertiary/aromatic N) is 1. The smallest absolute Gasteiger partial charge is 0.224 e. The first-order chi connectivity index (χ1) is 8.18. The summed E-state index contributed by atoms with van der Waals surface area (Å²) in [7, 11) is 0. The van der Waals surface area contributed by atoms with Crippen LogP contribution >= 0.6 is 11.3 Å². The number of aromatic nitrogens is 1. The van der Waals surface area contributed by atoms with Crippen molar-refractivity contribution < 1.29 is 4.79 Å². The first-order valence-corrected chi connectivity index (χ1v) is 6.97. The average molecular weight is 253 g/mol. The predicted octanol–water partition coefficient (Wildman–Crippen LogP) is 1.36. The van der Waals surface area contributed by atoms with E-state index in [0.717, 1.165) is 18.0 Å². The van der Waals surface area contributed by atoms with Gasteiger partial charge in [0.15, 0.2) is 0 Å². The molecule has 2 heterocycles. The van der Waals surface area contributed by atoms with E-state index >= 15 is 0 Å². The van der Waals surface area contributed by atoms with Crippen LogP contribution in [-0.2, 0) is 4.79 Å². The zero-order chi connectivity index (χ0) is 12.3. The highest BCUT2D eigenvalue weighted by Gasteiger charge is 2.29. The topological polar surface area (TPSA) is 54.0 Å². The molecule has 0 saturated carbocycles. The van der Waals surface area contributed by atoms with Crippen molar-refractivity contribution in [3.63, 3.8) is 0 Å². The molecule has 1 aliphatic heterocycles. The maximum atomic E-state index is 12.0. The van der Waals surface area contributed by atoms with Crippen molar-refractivity contribution in [2.75, 3.05) is 13.1 Å². The summed E-state index contributed by atoms with van der Waals surface area (Å²) < 4.78 is 0. The van der Waals surface area contributed by atoms with E-state index in [1.54, 1.807) is 17.5 Å². The van der Waals surface area contributed by atoms with Gasteiger partial charge < -0.3 is 10.6 Å². The Morgan fingerprint density at radius 3 is 3.18 bits per heavy atom. The molecule has 2 N–H and O–H groups in total. The molecular formula is C12H19N3OS. The Kier molecular flexibility index (Phi) is 4.12. The fourth-order valence-corrected chi connectivity index (χ4v) is 2.87. The number of nitrogens with one attached hydrogen (secondary N) is 2. The van der Waals surface area contributed by atoms with Gasteiger partial charge in [0.25, 0.3) is 0 Å². The fraction of sp³-hybridized carbons (Fsp3) is 0.667. The number of thiazole rings is 1. The maximum absolute atomic E-state index is 12.0. The number of carbonyl (C=O) groups excluding carboxylic acids is 1. The van der Waals surface area contributed by atoms with Gasteiger partial charge in [0.05, 0.1) is 10.9 Å². The molecule has 4 nitrogen and oxygen atoms in total. The minimum atomic E-state index is 0.124. The van der Waals surface area contributed by atoms with Crippen molar-refractivity contribution in [1.29, 1.82) is 0 Å². The largest absolute Gasteiger partial charge is 0.355 e. The maximum Gasteiger partial charge on any atom is 0.224 e. The highest BCUT2D eigenvalue weighted by molar-refractivity contribution is 7.09. The lowest BCUT2D eigenvalue weighted by molar-refractivity contribution is -0.125. The van der Waals surface area contributed by atoms with E-state index in [1.165, 1.54) is 0 Å². The first-order valence-electron chi connectivity index (χ1n) is 6.09. The van der Waals surface area contributed by atoms with Crippen LogP contribution in [0.25, 0.3) is 0 Å². The standard InChI is InChI=1S/C12H19N3OS/c1-8(12-14-5-6-17-12)7-15-11(16)10-3-4-13-9(10)2/h5-6,8-10,13H,3-4,7H2,1-2H3,(H,15,16). The van der Waals surface area contributed by atoms with Crippen molar-refractivity contribution in [2.24, 2.45) is 5.92 Å². The van der Waals surface area contributed by atoms with Crippen LogP contribution in [-0.4, -0.2) is 30.0 Å². The van der Waals surface area contributed by atoms with E-state index in [4.69, 9.17) is 0 Å². The van der Waals surface area contributed by atoms with Crippen molar-refractivity contribution >= 4 is 17.2 Å². The van der Waals surface area contributed by atoms with Crippen LogP contribution in [0.4, 0.5) is 0 Å². The molecule has 0 aliphatic carbocycles. The van der Waals surface area contributed by atoms with E-state index in [0.29, 0.717) is 18.5 Å². The van der Waals surface area contributed by atoms with Crippen LogP contribution in [0.3, 0.4) is 0 Å². The monoisotopic (exact) mass is 253 g/mol. The second kappa shape index (κ2) is 5.60. The lowest BCUT2D eigenvalue weighted by atomic mass is 10.0. The van der Waals surface area contributed by atoms with Crippen molar-refractivity contribution in [2.45, 2.75) is 32.2 Å². The van der Waals surface area contributed by atoms with Crippen LogP contribution in [0.1, 0.15) is 31.2 Å². The van der Waals surface area contributed by atoms with Gasteiger partial charge in [0.2, 0.25) is 5.91 Å². The Morgan fingerprint density at radius 1 is 1.76 bits per heavy atom. The molecule has 0 spiro atoms. The fourth-order valence-electron chi connectivity index (χ4n) is 2.17. The summed E-state index contributed by atoms with van der Waals surface area (Å²) in [5, 5.41) is 9.38. The third-order valence-electron chi connectivity index (χ3n) is 3.32. The first kappa shape index (κ1) is 12.5. The number of carbonyl (C=O) groups is 1. The quantitative estimate of drug-likeness (QED) is 0.852. The Hall–Kier alpha value is -0.940. The summed E-state index contributed by atoms with van der Waals surface area (Å²) in [6.07, 6.45) is 2.75. The minimum Gasteiger partial charge on any atom is -0.355 e. The number of amides is 1. The Labute approximate surface area is 106 Å². The van der Waals surface area contributed by atoms with Crippen molar-refractivity contribution in [3.05, 3.63) is 16.6 Å². The van der Waals surface area contributed by atoms with Crippen molar-refractivity contribution in [3.8, 4) is 0 Å². The molecule has 1 aromatic heterocycles. The number of rotatable bonds is 4. The molecule has 1 aromatic rings. The SMILES string of the molecule is CC(CNC(=O)C1CCNC1C)c1nccs1. The number of hydrogen-bond donors (Lipinski definition) is 2. The van der Waals surface area contributed by atoms with E-state index in [9.17, 15) is 4.79 Å². The third kappa shape index (κ3) is 3.04. The molecule has 1 fully saturated rings. The molecule has 3 atom stereocenters. The molecule has 5 heteroatoms. The van der Waals surface area contributed by atoms with Crippen LogP contribution in [0, 0.1) is 5.92 Å². The van der Waals surface area contributed by atoms with E-state index < -0.39 is 0 Å². The Bertz CT molecular complexity index is 366. The van der Waals surface area contributed by atoms with Crippen LogP contribution < -0.4 is 10.6 Å². The van der Waals surface area contributed by atoms with Crippen LogP contribution in [0.15, 0.2) is 11.6 Å². The molecule has 0 radical (unpaired) electrons. The second-order valence-corrected chi connectivity index (χ2v) is 5.58. The summed E-state index contributed by atoms with van der Waals surface area (Å²) >= 11 is 1.64. The molecule has 1 amide bonds. The summed E-state index contributed by atoms with van der Waals surface area (Å²) in [5.41, 5.74) is 0. The molecule has 2 rings (SSSR count). The molecule has 0 aromatic carbocycles. The van der Waals surface area contributed by atoms with Gasteiger partial charge >= 0.3 is 0 Å². The van der Waals surface area contributed by atoms with Gasteiger partial charge in [-0.05, 0) is 19.9 Å². The average Bonchev–Trinajstić information content (AvgIpc) is 2.95. The highest BCUT2D eigenvalue weighted by Crippen LogP contribution is 2.18. The molecule has 3 unspecified atom stereocenters. The molecule has 94 valence electrons. The van der Waals surface area contributed by atoms with Crippen molar-refractivity contribution in [1.82, 2.24) is 15.6 Å². The van der Waals surface area contributed by atoms with Gasteiger partial charge in [-0.3, -0.25) is 4.79 Å². The zero-order valence-electron chi connectivity index (χ0n) is 10.3. The van der Waals surface area contributed by atoms with Gasteiger partial charge in [-0.1, -0.05) is 6.92 Å². The zero-order valence-corrected chi connectivity index (χ0v) is 11.1. The third-order valence-corrected chi connectivity index (χ3v) is 4.32. The summed E-state index contributed by atoms with van der Waals surface area (Å²) in [5.74, 6) is 0.591. The second-order valence-electron chi connectivity index (χ2n) is 4.65. The molecule has 1 saturated heterocycles. The molecular weight excluding hydrogens is 234 g/mol. The van der Waals surface area contributed by atoms with Gasteiger partial charge in [-0.2, -0.15) is 0 Å². The van der Waals surface area contributed by atoms with Gasteiger partial charge in [0.1, 0.15) is 0 Å². The Balaban J connectivity index is 1.80.